The van der Waals surface area contributed by atoms with Gasteiger partial charge in [0.05, 0.1) is 6.54 Å². The van der Waals surface area contributed by atoms with Crippen molar-refractivity contribution in [1.29, 1.82) is 0 Å². The van der Waals surface area contributed by atoms with Crippen LogP contribution in [0.15, 0.2) is 5.38 Å². The van der Waals surface area contributed by atoms with E-state index in [1.54, 1.807) is 10.3 Å². The standard InChI is InChI=1S/C14H24N4O2S/c1-4-7-16-13(19)11-10-21-12(17-11)9-18(8-5-2)14(20)15-6-3/h10H,4-9H2,1-3H3,(H,15,20)(H,16,19). The van der Waals surface area contributed by atoms with Crippen LogP contribution in [0.5, 0.6) is 0 Å². The first-order valence-electron chi connectivity index (χ1n) is 7.37. The van der Waals surface area contributed by atoms with E-state index >= 15 is 0 Å². The number of carbonyl (C=O) groups excluding carboxylic acids is 2. The molecular formula is C14H24N4O2S. The Hall–Kier alpha value is -1.63. The molecule has 3 amide bonds. The number of hydrogen-bond acceptors (Lipinski definition) is 4. The van der Waals surface area contributed by atoms with Gasteiger partial charge in [0.25, 0.3) is 5.91 Å². The summed E-state index contributed by atoms with van der Waals surface area (Å²) in [5, 5.41) is 8.10. The quantitative estimate of drug-likeness (QED) is 0.773. The molecule has 1 rings (SSSR count). The maximum atomic E-state index is 11.9. The molecule has 0 aliphatic rings. The summed E-state index contributed by atoms with van der Waals surface area (Å²) in [5.74, 6) is -0.153. The Morgan fingerprint density at radius 1 is 1.24 bits per heavy atom. The first-order valence-corrected chi connectivity index (χ1v) is 8.25. The predicted molar refractivity (Wildman–Crippen MR) is 84.5 cm³/mol. The lowest BCUT2D eigenvalue weighted by atomic mass is 10.4. The van der Waals surface area contributed by atoms with Gasteiger partial charge < -0.3 is 15.5 Å². The van der Waals surface area contributed by atoms with Crippen molar-refractivity contribution in [3.05, 3.63) is 16.1 Å². The number of urea groups is 1. The fourth-order valence-electron chi connectivity index (χ4n) is 1.77. The fraction of sp³-hybridized carbons (Fsp3) is 0.643. The predicted octanol–water partition coefficient (Wildman–Crippen LogP) is 2.22. The summed E-state index contributed by atoms with van der Waals surface area (Å²) in [6.45, 7) is 8.27. The van der Waals surface area contributed by atoms with E-state index in [9.17, 15) is 9.59 Å². The summed E-state index contributed by atoms with van der Waals surface area (Å²) >= 11 is 1.41. The third-order valence-corrected chi connectivity index (χ3v) is 3.59. The molecule has 0 atom stereocenters. The van der Waals surface area contributed by atoms with E-state index in [1.165, 1.54) is 11.3 Å². The fourth-order valence-corrected chi connectivity index (χ4v) is 2.55. The van der Waals surface area contributed by atoms with Crippen molar-refractivity contribution >= 4 is 23.3 Å². The Kier molecular flexibility index (Phi) is 7.74. The van der Waals surface area contributed by atoms with Gasteiger partial charge in [0.15, 0.2) is 0 Å². The van der Waals surface area contributed by atoms with Crippen molar-refractivity contribution in [2.75, 3.05) is 19.6 Å². The molecule has 2 N–H and O–H groups in total. The molecule has 21 heavy (non-hydrogen) atoms. The largest absolute Gasteiger partial charge is 0.351 e. The van der Waals surface area contributed by atoms with Gasteiger partial charge in [-0.15, -0.1) is 11.3 Å². The number of nitrogens with one attached hydrogen (secondary N) is 2. The molecule has 0 saturated carbocycles. The highest BCUT2D eigenvalue weighted by molar-refractivity contribution is 7.09. The van der Waals surface area contributed by atoms with Crippen LogP contribution in [-0.4, -0.2) is 41.5 Å². The van der Waals surface area contributed by atoms with E-state index in [-0.39, 0.29) is 11.9 Å². The molecule has 6 nitrogen and oxygen atoms in total. The van der Waals surface area contributed by atoms with Crippen molar-refractivity contribution in [2.24, 2.45) is 0 Å². The molecule has 0 saturated heterocycles. The Balaban J connectivity index is 2.65. The van der Waals surface area contributed by atoms with Crippen molar-refractivity contribution in [1.82, 2.24) is 20.5 Å². The molecule has 118 valence electrons. The number of amides is 3. The second kappa shape index (κ2) is 9.33. The molecule has 0 radical (unpaired) electrons. The molecule has 0 aliphatic heterocycles. The van der Waals surface area contributed by atoms with Crippen LogP contribution in [0.25, 0.3) is 0 Å². The van der Waals surface area contributed by atoms with Crippen LogP contribution in [0.2, 0.25) is 0 Å². The van der Waals surface area contributed by atoms with Crippen molar-refractivity contribution in [2.45, 2.75) is 40.2 Å². The average Bonchev–Trinajstić information content (AvgIpc) is 2.93. The third kappa shape index (κ3) is 5.71. The molecule has 0 unspecified atom stereocenters. The molecule has 1 heterocycles. The second-order valence-electron chi connectivity index (χ2n) is 4.64. The molecule has 7 heteroatoms. The second-order valence-corrected chi connectivity index (χ2v) is 5.58. The van der Waals surface area contributed by atoms with Gasteiger partial charge in [-0.1, -0.05) is 13.8 Å². The minimum absolute atomic E-state index is 0.0912. The number of nitrogens with zero attached hydrogens (tertiary/aromatic N) is 2. The van der Waals surface area contributed by atoms with Crippen LogP contribution in [0.3, 0.4) is 0 Å². The maximum absolute atomic E-state index is 11.9. The normalized spacial score (nSPS) is 10.2. The molecule has 0 aromatic carbocycles. The Morgan fingerprint density at radius 3 is 2.62 bits per heavy atom. The van der Waals surface area contributed by atoms with E-state index in [2.05, 4.69) is 15.6 Å². The lowest BCUT2D eigenvalue weighted by molar-refractivity contribution is 0.0949. The summed E-state index contributed by atoms with van der Waals surface area (Å²) in [6.07, 6.45) is 1.77. The summed E-state index contributed by atoms with van der Waals surface area (Å²) in [6, 6.07) is -0.0912. The molecule has 0 spiro atoms. The number of hydrogen-bond donors (Lipinski definition) is 2. The van der Waals surface area contributed by atoms with E-state index < -0.39 is 0 Å². The number of thiazole rings is 1. The van der Waals surface area contributed by atoms with Gasteiger partial charge in [0.2, 0.25) is 0 Å². The zero-order valence-corrected chi connectivity index (χ0v) is 13.8. The van der Waals surface area contributed by atoms with Gasteiger partial charge in [0.1, 0.15) is 10.7 Å². The lowest BCUT2D eigenvalue weighted by Crippen LogP contribution is -2.39. The third-order valence-electron chi connectivity index (χ3n) is 2.75. The van der Waals surface area contributed by atoms with E-state index in [4.69, 9.17) is 0 Å². The Labute approximate surface area is 129 Å². The topological polar surface area (TPSA) is 74.3 Å². The van der Waals surface area contributed by atoms with E-state index in [1.807, 2.05) is 20.8 Å². The Bertz CT molecular complexity index is 462. The van der Waals surface area contributed by atoms with Crippen LogP contribution >= 0.6 is 11.3 Å². The maximum Gasteiger partial charge on any atom is 0.317 e. The molecular weight excluding hydrogens is 288 g/mol. The highest BCUT2D eigenvalue weighted by atomic mass is 32.1. The van der Waals surface area contributed by atoms with Crippen LogP contribution in [0.1, 0.15) is 49.1 Å². The number of rotatable bonds is 8. The molecule has 1 aromatic heterocycles. The minimum atomic E-state index is -0.153. The molecule has 1 aromatic rings. The summed E-state index contributed by atoms with van der Waals surface area (Å²) in [4.78, 5) is 29.8. The highest BCUT2D eigenvalue weighted by Gasteiger charge is 2.16. The van der Waals surface area contributed by atoms with Gasteiger partial charge in [-0.2, -0.15) is 0 Å². The SMILES string of the molecule is CCCNC(=O)c1csc(CN(CCC)C(=O)NCC)n1. The van der Waals surface area contributed by atoms with Crippen molar-refractivity contribution < 1.29 is 9.59 Å². The van der Waals surface area contributed by atoms with Gasteiger partial charge in [-0.05, 0) is 19.8 Å². The van der Waals surface area contributed by atoms with E-state index in [0.29, 0.717) is 31.9 Å². The minimum Gasteiger partial charge on any atom is -0.351 e. The zero-order chi connectivity index (χ0) is 15.7. The van der Waals surface area contributed by atoms with Gasteiger partial charge in [0, 0.05) is 25.0 Å². The molecule has 0 fully saturated rings. The first kappa shape index (κ1) is 17.4. The summed E-state index contributed by atoms with van der Waals surface area (Å²) in [5.41, 5.74) is 0.427. The van der Waals surface area contributed by atoms with Gasteiger partial charge >= 0.3 is 6.03 Å². The smallest absolute Gasteiger partial charge is 0.317 e. The zero-order valence-electron chi connectivity index (χ0n) is 12.9. The van der Waals surface area contributed by atoms with Gasteiger partial charge in [-0.3, -0.25) is 4.79 Å². The molecule has 0 aliphatic carbocycles. The Morgan fingerprint density at radius 2 is 2.00 bits per heavy atom. The highest BCUT2D eigenvalue weighted by Crippen LogP contribution is 2.13. The van der Waals surface area contributed by atoms with Crippen molar-refractivity contribution in [3.63, 3.8) is 0 Å². The first-order chi connectivity index (χ1) is 10.1. The van der Waals surface area contributed by atoms with E-state index in [0.717, 1.165) is 17.8 Å². The van der Waals surface area contributed by atoms with Crippen LogP contribution in [0, 0.1) is 0 Å². The number of carbonyl (C=O) groups is 2. The average molecular weight is 312 g/mol. The summed E-state index contributed by atoms with van der Waals surface area (Å²) < 4.78 is 0. The van der Waals surface area contributed by atoms with Crippen LogP contribution in [0.4, 0.5) is 4.79 Å². The van der Waals surface area contributed by atoms with Gasteiger partial charge in [-0.25, -0.2) is 9.78 Å². The number of aromatic nitrogens is 1. The lowest BCUT2D eigenvalue weighted by Gasteiger charge is -2.20. The van der Waals surface area contributed by atoms with Crippen LogP contribution < -0.4 is 10.6 Å². The summed E-state index contributed by atoms with van der Waals surface area (Å²) in [7, 11) is 0. The van der Waals surface area contributed by atoms with Crippen molar-refractivity contribution in [3.8, 4) is 0 Å². The molecule has 0 bridgehead atoms. The monoisotopic (exact) mass is 312 g/mol. The van der Waals surface area contributed by atoms with Crippen LogP contribution in [-0.2, 0) is 6.54 Å².